The smallest absolute Gasteiger partial charge is 0.150 e. The average Bonchev–Trinajstić information content (AvgIpc) is 3.29. The van der Waals surface area contributed by atoms with Crippen molar-refractivity contribution >= 4 is 11.5 Å². The van der Waals surface area contributed by atoms with E-state index in [0.717, 1.165) is 22.6 Å². The van der Waals surface area contributed by atoms with Crippen LogP contribution >= 0.6 is 0 Å². The fourth-order valence-electron chi connectivity index (χ4n) is 3.32. The Morgan fingerprint density at radius 3 is 2.31 bits per heavy atom. The normalized spacial score (nSPS) is 11.6. The second-order valence-corrected chi connectivity index (χ2v) is 7.42. The van der Waals surface area contributed by atoms with Crippen molar-refractivity contribution < 1.29 is 13.9 Å². The van der Waals surface area contributed by atoms with Crippen molar-refractivity contribution in [1.82, 2.24) is 4.98 Å². The summed E-state index contributed by atoms with van der Waals surface area (Å²) in [6, 6.07) is 22.8. The van der Waals surface area contributed by atoms with Gasteiger partial charge >= 0.3 is 0 Å². The first-order valence-electron chi connectivity index (χ1n) is 10.3. The lowest BCUT2D eigenvalue weighted by molar-refractivity contribution is 0.243. The Morgan fingerprint density at radius 2 is 1.62 bits per heavy atom. The van der Waals surface area contributed by atoms with Crippen LogP contribution in [0.1, 0.15) is 19.5 Å². The Morgan fingerprint density at radius 1 is 0.906 bits per heavy atom. The maximum Gasteiger partial charge on any atom is 0.150 e. The summed E-state index contributed by atoms with van der Waals surface area (Å²) in [6.45, 7) is 3.95. The van der Waals surface area contributed by atoms with Gasteiger partial charge in [-0.25, -0.2) is 4.99 Å². The van der Waals surface area contributed by atoms with Gasteiger partial charge in [0.25, 0.3) is 0 Å². The zero-order valence-electron chi connectivity index (χ0n) is 18.3. The second kappa shape index (κ2) is 9.39. The molecule has 0 radical (unpaired) electrons. The summed E-state index contributed by atoms with van der Waals surface area (Å²) in [7, 11) is 1.65. The zero-order valence-corrected chi connectivity index (χ0v) is 18.3. The van der Waals surface area contributed by atoms with E-state index in [1.807, 2.05) is 86.6 Å². The van der Waals surface area contributed by atoms with Crippen molar-refractivity contribution in [3.63, 3.8) is 0 Å². The molecule has 0 saturated carbocycles. The lowest BCUT2D eigenvalue weighted by Gasteiger charge is -2.14. The summed E-state index contributed by atoms with van der Waals surface area (Å²) < 4.78 is 17.7. The second-order valence-electron chi connectivity index (χ2n) is 7.42. The standard InChI is InChI=1S/C26H25N3O3/c1-17(2)31-25-16-18(29-26(27)21-9-6-7-15-28-21)11-12-20(25)24-14-13-23(32-24)19-8-4-5-10-22(19)30-3/h4-17H,1-3H3,(H2,27,29). The number of hydrogen-bond acceptors (Lipinski definition) is 5. The molecule has 0 aliphatic heterocycles. The number of nitrogens with two attached hydrogens (primary N) is 1. The van der Waals surface area contributed by atoms with E-state index in [9.17, 15) is 0 Å². The summed E-state index contributed by atoms with van der Waals surface area (Å²) in [5.41, 5.74) is 9.15. The van der Waals surface area contributed by atoms with E-state index in [1.54, 1.807) is 13.3 Å². The molecule has 4 rings (SSSR count). The van der Waals surface area contributed by atoms with Gasteiger partial charge < -0.3 is 19.6 Å². The van der Waals surface area contributed by atoms with Crippen LogP contribution in [0.2, 0.25) is 0 Å². The molecule has 0 fully saturated rings. The van der Waals surface area contributed by atoms with Crippen LogP contribution in [-0.2, 0) is 0 Å². The summed E-state index contributed by atoms with van der Waals surface area (Å²) in [4.78, 5) is 8.76. The molecule has 0 unspecified atom stereocenters. The Labute approximate surface area is 187 Å². The van der Waals surface area contributed by atoms with Crippen molar-refractivity contribution in [2.75, 3.05) is 7.11 Å². The third-order valence-corrected chi connectivity index (χ3v) is 4.75. The van der Waals surface area contributed by atoms with Crippen LogP contribution in [0.3, 0.4) is 0 Å². The number of nitrogens with zero attached hydrogens (tertiary/aromatic N) is 2. The van der Waals surface area contributed by atoms with Gasteiger partial charge in [-0.05, 0) is 62.4 Å². The van der Waals surface area contributed by atoms with Crippen LogP contribution in [0.15, 0.2) is 88.4 Å². The molecule has 2 N–H and O–H groups in total. The molecule has 162 valence electrons. The summed E-state index contributed by atoms with van der Waals surface area (Å²) in [5.74, 6) is 3.16. The minimum atomic E-state index is -0.0234. The molecular formula is C26H25N3O3. The molecule has 2 heterocycles. The highest BCUT2D eigenvalue weighted by Gasteiger charge is 2.16. The lowest BCUT2D eigenvalue weighted by atomic mass is 10.1. The monoisotopic (exact) mass is 427 g/mol. The first kappa shape index (κ1) is 21.2. The minimum absolute atomic E-state index is 0.0234. The molecule has 2 aromatic carbocycles. The summed E-state index contributed by atoms with van der Waals surface area (Å²) in [6.07, 6.45) is 1.66. The first-order chi connectivity index (χ1) is 15.5. The zero-order chi connectivity index (χ0) is 22.5. The number of aliphatic imine (C=N–C) groups is 1. The van der Waals surface area contributed by atoms with Crippen molar-refractivity contribution in [3.05, 3.63) is 84.7 Å². The predicted octanol–water partition coefficient (Wildman–Crippen LogP) is 5.84. The Kier molecular flexibility index (Phi) is 6.22. The number of amidine groups is 1. The maximum atomic E-state index is 6.18. The molecule has 0 spiro atoms. The number of furan rings is 1. The molecule has 6 heteroatoms. The molecule has 4 aromatic rings. The van der Waals surface area contributed by atoms with Crippen LogP contribution in [-0.4, -0.2) is 24.0 Å². The van der Waals surface area contributed by atoms with Crippen molar-refractivity contribution in [2.45, 2.75) is 20.0 Å². The Bertz CT molecular complexity index is 1230. The van der Waals surface area contributed by atoms with Gasteiger partial charge in [0, 0.05) is 12.3 Å². The topological polar surface area (TPSA) is 82.9 Å². The highest BCUT2D eigenvalue weighted by molar-refractivity contribution is 5.97. The summed E-state index contributed by atoms with van der Waals surface area (Å²) in [5, 5.41) is 0. The molecule has 2 aromatic heterocycles. The number of methoxy groups -OCH3 is 1. The molecule has 0 aliphatic rings. The maximum absolute atomic E-state index is 6.18. The number of rotatable bonds is 7. The van der Waals surface area contributed by atoms with Gasteiger partial charge in [0.15, 0.2) is 0 Å². The van der Waals surface area contributed by atoms with Crippen LogP contribution in [0.4, 0.5) is 5.69 Å². The number of benzene rings is 2. The molecule has 0 saturated heterocycles. The largest absolute Gasteiger partial charge is 0.496 e. The average molecular weight is 428 g/mol. The van der Waals surface area contributed by atoms with Gasteiger partial charge in [-0.15, -0.1) is 0 Å². The predicted molar refractivity (Wildman–Crippen MR) is 127 cm³/mol. The third kappa shape index (κ3) is 4.64. The molecule has 32 heavy (non-hydrogen) atoms. The molecule has 0 aliphatic carbocycles. The quantitative estimate of drug-likeness (QED) is 0.296. The van der Waals surface area contributed by atoms with Gasteiger partial charge in [0.05, 0.1) is 30.0 Å². The number of pyridine rings is 1. The van der Waals surface area contributed by atoms with E-state index in [2.05, 4.69) is 9.98 Å². The molecule has 0 amide bonds. The fraction of sp³-hybridized carbons (Fsp3) is 0.154. The number of ether oxygens (including phenoxy) is 2. The number of aromatic nitrogens is 1. The number of para-hydroxylation sites is 1. The Hall–Kier alpha value is -4.06. The fourth-order valence-corrected chi connectivity index (χ4v) is 3.32. The van der Waals surface area contributed by atoms with Crippen LogP contribution in [0.5, 0.6) is 11.5 Å². The molecule has 6 nitrogen and oxygen atoms in total. The number of hydrogen-bond donors (Lipinski definition) is 1. The minimum Gasteiger partial charge on any atom is -0.496 e. The van der Waals surface area contributed by atoms with E-state index in [1.165, 1.54) is 0 Å². The summed E-state index contributed by atoms with van der Waals surface area (Å²) >= 11 is 0. The Balaban J connectivity index is 1.71. The van der Waals surface area contributed by atoms with Crippen molar-refractivity contribution in [2.24, 2.45) is 10.7 Å². The van der Waals surface area contributed by atoms with E-state index in [4.69, 9.17) is 19.6 Å². The van der Waals surface area contributed by atoms with E-state index in [-0.39, 0.29) is 6.10 Å². The van der Waals surface area contributed by atoms with Crippen LogP contribution in [0.25, 0.3) is 22.6 Å². The molecule has 0 bridgehead atoms. The van der Waals surface area contributed by atoms with E-state index < -0.39 is 0 Å². The van der Waals surface area contributed by atoms with Gasteiger partial charge in [0.2, 0.25) is 0 Å². The van der Waals surface area contributed by atoms with Crippen LogP contribution in [0, 0.1) is 0 Å². The van der Waals surface area contributed by atoms with Crippen LogP contribution < -0.4 is 15.2 Å². The van der Waals surface area contributed by atoms with Gasteiger partial charge in [0.1, 0.15) is 34.5 Å². The van der Waals surface area contributed by atoms with E-state index >= 15 is 0 Å². The van der Waals surface area contributed by atoms with E-state index in [0.29, 0.717) is 28.7 Å². The lowest BCUT2D eigenvalue weighted by Crippen LogP contribution is -2.14. The molecule has 0 atom stereocenters. The van der Waals surface area contributed by atoms with Crippen molar-refractivity contribution in [1.29, 1.82) is 0 Å². The highest BCUT2D eigenvalue weighted by atomic mass is 16.5. The van der Waals surface area contributed by atoms with Crippen molar-refractivity contribution in [3.8, 4) is 34.1 Å². The SMILES string of the molecule is COc1ccccc1-c1ccc(-c2ccc(N=C(N)c3ccccn3)cc2OC(C)C)o1. The third-order valence-electron chi connectivity index (χ3n) is 4.75. The van der Waals surface area contributed by atoms with Gasteiger partial charge in [-0.1, -0.05) is 18.2 Å². The first-order valence-corrected chi connectivity index (χ1v) is 10.3. The van der Waals surface area contributed by atoms with Gasteiger partial charge in [-0.2, -0.15) is 0 Å². The van der Waals surface area contributed by atoms with Gasteiger partial charge in [-0.3, -0.25) is 4.98 Å². The molecular weight excluding hydrogens is 402 g/mol. The highest BCUT2D eigenvalue weighted by Crippen LogP contribution is 2.39.